The molecule has 26 heavy (non-hydrogen) atoms. The van der Waals surface area contributed by atoms with Crippen molar-refractivity contribution < 1.29 is 9.21 Å². The largest absolute Gasteiger partial charge is 0.403 e. The lowest BCUT2D eigenvalue weighted by atomic mass is 10.1. The van der Waals surface area contributed by atoms with E-state index >= 15 is 0 Å². The Kier molecular flexibility index (Phi) is 3.97. The van der Waals surface area contributed by atoms with E-state index in [1.54, 1.807) is 30.3 Å². The number of anilines is 1. The molecule has 0 unspecified atom stereocenters. The molecule has 2 heterocycles. The van der Waals surface area contributed by atoms with Crippen molar-refractivity contribution in [3.63, 3.8) is 0 Å². The molecule has 4 aromatic rings. The number of carbonyl (C=O) groups is 1. The summed E-state index contributed by atoms with van der Waals surface area (Å²) in [5.74, 6) is 0.000909. The highest BCUT2D eigenvalue weighted by molar-refractivity contribution is 6.30. The number of aromatic amines is 1. The molecule has 130 valence electrons. The normalized spacial score (nSPS) is 11.0. The molecule has 0 spiro atoms. The Bertz CT molecular complexity index is 1110. The lowest BCUT2D eigenvalue weighted by Gasteiger charge is -2.01. The lowest BCUT2D eigenvalue weighted by Crippen LogP contribution is -2.12. The first kappa shape index (κ1) is 16.4. The summed E-state index contributed by atoms with van der Waals surface area (Å²) < 4.78 is 5.51. The van der Waals surface area contributed by atoms with E-state index in [-0.39, 0.29) is 11.9 Å². The van der Waals surface area contributed by atoms with Crippen LogP contribution >= 0.6 is 11.6 Å². The van der Waals surface area contributed by atoms with E-state index in [2.05, 4.69) is 20.5 Å². The maximum absolute atomic E-state index is 12.5. The third kappa shape index (κ3) is 2.95. The SMILES string of the molecule is Cc1[nH]c2ccc(C(=O)Nc3nnc(-c4ccc(Cl)cc4)o3)cc2c1C. The van der Waals surface area contributed by atoms with Crippen LogP contribution in [0.25, 0.3) is 22.4 Å². The van der Waals surface area contributed by atoms with Gasteiger partial charge in [-0.2, -0.15) is 0 Å². The third-order valence-electron chi connectivity index (χ3n) is 4.31. The van der Waals surface area contributed by atoms with Gasteiger partial charge >= 0.3 is 6.01 Å². The summed E-state index contributed by atoms with van der Waals surface area (Å²) in [6.45, 7) is 4.03. The molecule has 2 aromatic carbocycles. The van der Waals surface area contributed by atoms with Gasteiger partial charge in [-0.25, -0.2) is 0 Å². The van der Waals surface area contributed by atoms with E-state index in [1.165, 1.54) is 0 Å². The Labute approximate surface area is 154 Å². The average molecular weight is 367 g/mol. The summed E-state index contributed by atoms with van der Waals surface area (Å²) in [6, 6.07) is 12.5. The van der Waals surface area contributed by atoms with Gasteiger partial charge in [0.2, 0.25) is 5.89 Å². The Morgan fingerprint density at radius 2 is 1.88 bits per heavy atom. The fourth-order valence-corrected chi connectivity index (χ4v) is 2.88. The van der Waals surface area contributed by atoms with Gasteiger partial charge in [-0.15, -0.1) is 5.10 Å². The molecule has 0 saturated carbocycles. The first-order valence-electron chi connectivity index (χ1n) is 8.01. The number of benzene rings is 2. The van der Waals surface area contributed by atoms with Crippen molar-refractivity contribution in [3.8, 4) is 11.5 Å². The number of carbonyl (C=O) groups excluding carboxylic acids is 1. The molecular weight excluding hydrogens is 352 g/mol. The number of amides is 1. The summed E-state index contributed by atoms with van der Waals surface area (Å²) >= 11 is 5.87. The highest BCUT2D eigenvalue weighted by Crippen LogP contribution is 2.24. The molecule has 1 amide bonds. The van der Waals surface area contributed by atoms with E-state index in [0.29, 0.717) is 16.5 Å². The number of aryl methyl sites for hydroxylation is 2. The highest BCUT2D eigenvalue weighted by Gasteiger charge is 2.14. The fourth-order valence-electron chi connectivity index (χ4n) is 2.75. The van der Waals surface area contributed by atoms with E-state index in [4.69, 9.17) is 16.0 Å². The predicted molar refractivity (Wildman–Crippen MR) is 100 cm³/mol. The topological polar surface area (TPSA) is 83.8 Å². The molecule has 7 heteroatoms. The van der Waals surface area contributed by atoms with E-state index < -0.39 is 0 Å². The number of nitrogens with zero attached hydrogens (tertiary/aromatic N) is 2. The van der Waals surface area contributed by atoms with Crippen LogP contribution in [0.2, 0.25) is 5.02 Å². The highest BCUT2D eigenvalue weighted by atomic mass is 35.5. The number of fused-ring (bicyclic) bond motifs is 1. The molecule has 2 aromatic heterocycles. The second-order valence-corrected chi connectivity index (χ2v) is 6.45. The van der Waals surface area contributed by atoms with Gasteiger partial charge in [-0.05, 0) is 61.9 Å². The molecular formula is C19H15ClN4O2. The maximum atomic E-state index is 12.5. The number of hydrogen-bond donors (Lipinski definition) is 2. The molecule has 0 aliphatic heterocycles. The van der Waals surface area contributed by atoms with Gasteiger partial charge in [0.1, 0.15) is 0 Å². The molecule has 0 fully saturated rings. The second-order valence-electron chi connectivity index (χ2n) is 6.01. The van der Waals surface area contributed by atoms with Crippen LogP contribution in [0.5, 0.6) is 0 Å². The molecule has 2 N–H and O–H groups in total. The van der Waals surface area contributed by atoms with E-state index in [9.17, 15) is 4.79 Å². The molecule has 0 atom stereocenters. The van der Waals surface area contributed by atoms with Crippen LogP contribution < -0.4 is 5.32 Å². The summed E-state index contributed by atoms with van der Waals surface area (Å²) in [5.41, 5.74) is 4.45. The van der Waals surface area contributed by atoms with Crippen LogP contribution in [-0.4, -0.2) is 21.1 Å². The van der Waals surface area contributed by atoms with Gasteiger partial charge in [-0.1, -0.05) is 16.7 Å². The standard InChI is InChI=1S/C19H15ClN4O2/c1-10-11(2)21-16-8-5-13(9-15(10)16)17(25)22-19-24-23-18(26-19)12-3-6-14(20)7-4-12/h3-9,21H,1-2H3,(H,22,24,25). The quantitative estimate of drug-likeness (QED) is 0.548. The molecule has 4 rings (SSSR count). The smallest absolute Gasteiger partial charge is 0.322 e. The van der Waals surface area contributed by atoms with Crippen LogP contribution in [0.3, 0.4) is 0 Å². The van der Waals surface area contributed by atoms with E-state index in [0.717, 1.165) is 27.7 Å². The second kappa shape index (κ2) is 6.31. The zero-order chi connectivity index (χ0) is 18.3. The maximum Gasteiger partial charge on any atom is 0.322 e. The van der Waals surface area contributed by atoms with Gasteiger partial charge < -0.3 is 9.40 Å². The number of H-pyrrole nitrogens is 1. The molecule has 6 nitrogen and oxygen atoms in total. The first-order valence-corrected chi connectivity index (χ1v) is 8.39. The third-order valence-corrected chi connectivity index (χ3v) is 4.56. The molecule has 0 bridgehead atoms. The minimum atomic E-state index is -0.309. The molecule has 0 radical (unpaired) electrons. The van der Waals surface area contributed by atoms with Crippen LogP contribution in [-0.2, 0) is 0 Å². The first-order chi connectivity index (χ1) is 12.5. The van der Waals surface area contributed by atoms with Crippen molar-refractivity contribution >= 4 is 34.4 Å². The zero-order valence-corrected chi connectivity index (χ0v) is 14.9. The minimum absolute atomic E-state index is 0.0435. The van der Waals surface area contributed by atoms with Gasteiger partial charge in [0.05, 0.1) is 0 Å². The zero-order valence-electron chi connectivity index (χ0n) is 14.1. The van der Waals surface area contributed by atoms with Crippen LogP contribution in [0, 0.1) is 13.8 Å². The Morgan fingerprint density at radius 3 is 2.65 bits per heavy atom. The van der Waals surface area contributed by atoms with Crippen molar-refractivity contribution in [3.05, 3.63) is 64.3 Å². The fraction of sp³-hybridized carbons (Fsp3) is 0.105. The monoisotopic (exact) mass is 366 g/mol. The summed E-state index contributed by atoms with van der Waals surface area (Å²) in [6.07, 6.45) is 0. The molecule has 0 aliphatic carbocycles. The molecule has 0 saturated heterocycles. The molecule has 0 aliphatic rings. The van der Waals surface area contributed by atoms with Crippen LogP contribution in [0.1, 0.15) is 21.6 Å². The Morgan fingerprint density at radius 1 is 1.12 bits per heavy atom. The van der Waals surface area contributed by atoms with Crippen LogP contribution in [0.4, 0.5) is 6.01 Å². The number of aromatic nitrogens is 3. The predicted octanol–water partition coefficient (Wildman–Crippen LogP) is 4.74. The van der Waals surface area contributed by atoms with Crippen molar-refractivity contribution in [1.29, 1.82) is 0 Å². The Hall–Kier alpha value is -3.12. The van der Waals surface area contributed by atoms with Crippen molar-refractivity contribution in [2.45, 2.75) is 13.8 Å². The van der Waals surface area contributed by atoms with E-state index in [1.807, 2.05) is 26.0 Å². The van der Waals surface area contributed by atoms with Gasteiger partial charge in [-0.3, -0.25) is 10.1 Å². The number of nitrogens with one attached hydrogen (secondary N) is 2. The minimum Gasteiger partial charge on any atom is -0.403 e. The summed E-state index contributed by atoms with van der Waals surface area (Å²) in [4.78, 5) is 15.8. The number of rotatable bonds is 3. The van der Waals surface area contributed by atoms with Gasteiger partial charge in [0, 0.05) is 32.7 Å². The lowest BCUT2D eigenvalue weighted by molar-refractivity contribution is 0.102. The average Bonchev–Trinajstić information content (AvgIpc) is 3.20. The number of hydrogen-bond acceptors (Lipinski definition) is 4. The Balaban J connectivity index is 1.57. The van der Waals surface area contributed by atoms with Crippen molar-refractivity contribution in [2.24, 2.45) is 0 Å². The van der Waals surface area contributed by atoms with Crippen molar-refractivity contribution in [2.75, 3.05) is 5.32 Å². The van der Waals surface area contributed by atoms with Crippen LogP contribution in [0.15, 0.2) is 46.9 Å². The summed E-state index contributed by atoms with van der Waals surface area (Å²) in [7, 11) is 0. The van der Waals surface area contributed by atoms with Crippen molar-refractivity contribution in [1.82, 2.24) is 15.2 Å². The summed E-state index contributed by atoms with van der Waals surface area (Å²) in [5, 5.41) is 12.1. The number of halogens is 1. The van der Waals surface area contributed by atoms with Gasteiger partial charge in [0.25, 0.3) is 5.91 Å². The van der Waals surface area contributed by atoms with Gasteiger partial charge in [0.15, 0.2) is 0 Å².